The molecule has 7 nitrogen and oxygen atoms in total. The van der Waals surface area contributed by atoms with Gasteiger partial charge in [-0.05, 0) is 37.3 Å². The number of nitrogens with zero attached hydrogens (tertiary/aromatic N) is 1. The smallest absolute Gasteiger partial charge is 0.273 e. The molecule has 2 N–H and O–H groups in total. The molecule has 1 amide bonds. The number of carbonyl (C=O) groups is 1. The van der Waals surface area contributed by atoms with Crippen LogP contribution in [0.15, 0.2) is 36.4 Å². The first-order valence-corrected chi connectivity index (χ1v) is 10.1. The number of methoxy groups -OCH3 is 3. The molecule has 0 bridgehead atoms. The number of fused-ring (bicyclic) bond motifs is 1. The molecule has 0 fully saturated rings. The predicted molar refractivity (Wildman–Crippen MR) is 118 cm³/mol. The van der Waals surface area contributed by atoms with Gasteiger partial charge in [0.15, 0.2) is 16.6 Å². The Balaban J connectivity index is 1.66. The van der Waals surface area contributed by atoms with Crippen LogP contribution in [0.5, 0.6) is 17.2 Å². The molecule has 31 heavy (non-hydrogen) atoms. The first-order valence-electron chi connectivity index (χ1n) is 9.31. The highest BCUT2D eigenvalue weighted by Gasteiger charge is 2.20. The number of H-pyrrole nitrogens is 1. The Bertz CT molecular complexity index is 1260. The van der Waals surface area contributed by atoms with Crippen molar-refractivity contribution >= 4 is 33.3 Å². The summed E-state index contributed by atoms with van der Waals surface area (Å²) in [6.07, 6.45) is 0. The van der Waals surface area contributed by atoms with E-state index in [0.717, 1.165) is 10.4 Å². The summed E-state index contributed by atoms with van der Waals surface area (Å²) in [4.78, 5) is 21.4. The molecular weight excluding hydrogens is 421 g/mol. The van der Waals surface area contributed by atoms with Crippen LogP contribution in [0.25, 0.3) is 22.2 Å². The number of anilines is 1. The molecule has 0 aliphatic carbocycles. The number of halogens is 1. The third kappa shape index (κ3) is 3.79. The van der Waals surface area contributed by atoms with Gasteiger partial charge in [-0.3, -0.25) is 10.1 Å². The van der Waals surface area contributed by atoms with Gasteiger partial charge in [0.2, 0.25) is 0 Å². The number of ether oxygens (including phenoxy) is 3. The quantitative estimate of drug-likeness (QED) is 0.439. The van der Waals surface area contributed by atoms with Crippen molar-refractivity contribution < 1.29 is 23.4 Å². The van der Waals surface area contributed by atoms with Crippen LogP contribution in [0.2, 0.25) is 0 Å². The van der Waals surface area contributed by atoms with E-state index in [9.17, 15) is 9.18 Å². The summed E-state index contributed by atoms with van der Waals surface area (Å²) in [6, 6.07) is 9.47. The summed E-state index contributed by atoms with van der Waals surface area (Å²) in [7, 11) is 4.60. The lowest BCUT2D eigenvalue weighted by Gasteiger charge is -2.11. The number of benzene rings is 2. The first kappa shape index (κ1) is 20.7. The molecule has 2 aromatic heterocycles. The minimum Gasteiger partial charge on any atom is -0.496 e. The molecule has 0 spiro atoms. The van der Waals surface area contributed by atoms with Gasteiger partial charge < -0.3 is 19.2 Å². The fraction of sp³-hybridized carbons (Fsp3) is 0.182. The molecule has 0 saturated carbocycles. The van der Waals surface area contributed by atoms with Crippen LogP contribution < -0.4 is 19.5 Å². The molecule has 0 aliphatic rings. The molecule has 160 valence electrons. The van der Waals surface area contributed by atoms with Gasteiger partial charge in [0.25, 0.3) is 5.91 Å². The molecule has 0 aliphatic heterocycles. The number of aromatic amines is 1. The SMILES string of the molecule is COc1cc(OC)c2cc(C(=O)Nc3nc(-c4ccc(F)cc4)c(C)s3)[nH]c2c1OC. The lowest BCUT2D eigenvalue weighted by molar-refractivity contribution is 0.102. The van der Waals surface area contributed by atoms with Crippen molar-refractivity contribution in [2.75, 3.05) is 26.6 Å². The van der Waals surface area contributed by atoms with E-state index in [2.05, 4.69) is 15.3 Å². The lowest BCUT2D eigenvalue weighted by atomic mass is 10.1. The maximum absolute atomic E-state index is 13.2. The molecule has 0 saturated heterocycles. The first-order chi connectivity index (χ1) is 14.9. The molecule has 4 aromatic rings. The highest BCUT2D eigenvalue weighted by Crippen LogP contribution is 2.41. The predicted octanol–water partition coefficient (Wildman–Crippen LogP) is 5.02. The van der Waals surface area contributed by atoms with E-state index in [-0.39, 0.29) is 11.7 Å². The second-order valence-corrected chi connectivity index (χ2v) is 7.87. The molecule has 0 atom stereocenters. The maximum Gasteiger partial charge on any atom is 0.273 e. The summed E-state index contributed by atoms with van der Waals surface area (Å²) >= 11 is 1.34. The zero-order chi connectivity index (χ0) is 22.1. The normalized spacial score (nSPS) is 10.9. The van der Waals surface area contributed by atoms with Crippen molar-refractivity contribution in [1.29, 1.82) is 0 Å². The topological polar surface area (TPSA) is 85.5 Å². The van der Waals surface area contributed by atoms with Crippen molar-refractivity contribution in [3.63, 3.8) is 0 Å². The van der Waals surface area contributed by atoms with E-state index >= 15 is 0 Å². The molecule has 0 unspecified atom stereocenters. The van der Waals surface area contributed by atoms with Crippen molar-refractivity contribution in [3.05, 3.63) is 52.8 Å². The monoisotopic (exact) mass is 441 g/mol. The van der Waals surface area contributed by atoms with Crippen LogP contribution in [0, 0.1) is 12.7 Å². The zero-order valence-corrected chi connectivity index (χ0v) is 18.1. The number of hydrogen-bond acceptors (Lipinski definition) is 6. The highest BCUT2D eigenvalue weighted by molar-refractivity contribution is 7.16. The minimum absolute atomic E-state index is 0.313. The third-order valence-corrected chi connectivity index (χ3v) is 5.71. The van der Waals surface area contributed by atoms with Crippen molar-refractivity contribution in [2.24, 2.45) is 0 Å². The van der Waals surface area contributed by atoms with Gasteiger partial charge in [0.1, 0.15) is 17.3 Å². The largest absolute Gasteiger partial charge is 0.496 e. The van der Waals surface area contributed by atoms with Gasteiger partial charge in [-0.25, -0.2) is 9.37 Å². The van der Waals surface area contributed by atoms with Crippen LogP contribution in [-0.4, -0.2) is 37.2 Å². The van der Waals surface area contributed by atoms with Crippen molar-refractivity contribution in [1.82, 2.24) is 9.97 Å². The molecule has 2 heterocycles. The Morgan fingerprint density at radius 3 is 2.42 bits per heavy atom. The Morgan fingerprint density at radius 2 is 1.77 bits per heavy atom. The summed E-state index contributed by atoms with van der Waals surface area (Å²) in [6.45, 7) is 1.90. The average Bonchev–Trinajstić information content (AvgIpc) is 3.37. The number of thiazole rings is 1. The summed E-state index contributed by atoms with van der Waals surface area (Å²) in [5, 5.41) is 3.94. The highest BCUT2D eigenvalue weighted by atomic mass is 32.1. The third-order valence-electron chi connectivity index (χ3n) is 4.82. The Hall–Kier alpha value is -3.59. The van der Waals surface area contributed by atoms with E-state index in [1.165, 1.54) is 37.7 Å². The minimum atomic E-state index is -0.362. The summed E-state index contributed by atoms with van der Waals surface area (Å²) < 4.78 is 29.5. The molecular formula is C22H20FN3O4S. The molecule has 9 heteroatoms. The number of rotatable bonds is 6. The fourth-order valence-electron chi connectivity index (χ4n) is 3.35. The van der Waals surface area contributed by atoms with Crippen molar-refractivity contribution in [2.45, 2.75) is 6.92 Å². The van der Waals surface area contributed by atoms with E-state index in [4.69, 9.17) is 14.2 Å². The van der Waals surface area contributed by atoms with Gasteiger partial charge in [-0.1, -0.05) is 0 Å². The zero-order valence-electron chi connectivity index (χ0n) is 17.3. The number of aryl methyl sites for hydroxylation is 1. The molecule has 2 aromatic carbocycles. The van der Waals surface area contributed by atoms with Crippen LogP contribution in [0.4, 0.5) is 9.52 Å². The van der Waals surface area contributed by atoms with Gasteiger partial charge in [-0.15, -0.1) is 11.3 Å². The van der Waals surface area contributed by atoms with Crippen molar-refractivity contribution in [3.8, 4) is 28.5 Å². The fourth-order valence-corrected chi connectivity index (χ4v) is 4.18. The van der Waals surface area contributed by atoms with Gasteiger partial charge >= 0.3 is 0 Å². The second-order valence-electron chi connectivity index (χ2n) is 6.67. The molecule has 0 radical (unpaired) electrons. The van der Waals surface area contributed by atoms with Crippen LogP contribution in [-0.2, 0) is 0 Å². The number of nitrogens with one attached hydrogen (secondary N) is 2. The van der Waals surface area contributed by atoms with Gasteiger partial charge in [0.05, 0.1) is 32.5 Å². The Kier molecular flexibility index (Phi) is 5.51. The Morgan fingerprint density at radius 1 is 1.06 bits per heavy atom. The number of hydrogen-bond donors (Lipinski definition) is 2. The molecule has 4 rings (SSSR count). The Labute approximate surface area is 181 Å². The summed E-state index contributed by atoms with van der Waals surface area (Å²) in [5.41, 5.74) is 2.38. The van der Waals surface area contributed by atoms with E-state index < -0.39 is 0 Å². The standard InChI is InChI=1S/C22H20FN3O4S/c1-11-18(12-5-7-13(23)8-6-12)25-22(31-11)26-21(27)15-9-14-16(28-2)10-17(29-3)20(30-4)19(14)24-15/h5-10,24H,1-4H3,(H,25,26,27). The van der Waals surface area contributed by atoms with E-state index in [1.54, 1.807) is 31.4 Å². The van der Waals surface area contributed by atoms with E-state index in [0.29, 0.717) is 44.7 Å². The van der Waals surface area contributed by atoms with Gasteiger partial charge in [0, 0.05) is 21.9 Å². The average molecular weight is 441 g/mol. The summed E-state index contributed by atoms with van der Waals surface area (Å²) in [5.74, 6) is 0.831. The van der Waals surface area contributed by atoms with E-state index in [1.807, 2.05) is 6.92 Å². The number of carbonyl (C=O) groups excluding carboxylic acids is 1. The van der Waals surface area contributed by atoms with Crippen LogP contribution in [0.3, 0.4) is 0 Å². The lowest BCUT2D eigenvalue weighted by Crippen LogP contribution is -2.11. The number of amides is 1. The second kappa shape index (κ2) is 8.27. The van der Waals surface area contributed by atoms with Crippen LogP contribution in [0.1, 0.15) is 15.4 Å². The number of aromatic nitrogens is 2. The van der Waals surface area contributed by atoms with Crippen LogP contribution >= 0.6 is 11.3 Å². The maximum atomic E-state index is 13.2. The van der Waals surface area contributed by atoms with Gasteiger partial charge in [-0.2, -0.15) is 0 Å².